The Balaban J connectivity index is 3.07. The second-order valence-corrected chi connectivity index (χ2v) is 8.06. The molecule has 1 aromatic carbocycles. The first-order chi connectivity index (χ1) is 14.8. The summed E-state index contributed by atoms with van der Waals surface area (Å²) in [6.45, 7) is 8.04. The number of carbonyl (C=O) groups excluding carboxylic acids is 2. The molecule has 1 rings (SSSR count). The molecule has 1 N–H and O–H groups in total. The van der Waals surface area contributed by atoms with Crippen molar-refractivity contribution in [2.24, 2.45) is 5.92 Å². The second-order valence-electron chi connectivity index (χ2n) is 8.06. The molecule has 0 fully saturated rings. The van der Waals surface area contributed by atoms with E-state index in [0.717, 1.165) is 12.8 Å². The molecule has 0 aliphatic heterocycles. The summed E-state index contributed by atoms with van der Waals surface area (Å²) in [4.78, 5) is 25.3. The van der Waals surface area contributed by atoms with Crippen molar-refractivity contribution in [3.63, 3.8) is 0 Å². The molecule has 31 heavy (non-hydrogen) atoms. The molecule has 4 atom stereocenters. The van der Waals surface area contributed by atoms with Crippen LogP contribution in [0.1, 0.15) is 84.3 Å². The third-order valence-electron chi connectivity index (χ3n) is 5.84. The molecule has 0 aliphatic rings. The van der Waals surface area contributed by atoms with Gasteiger partial charge in [0.2, 0.25) is 0 Å². The minimum absolute atomic E-state index is 0.0448. The number of esters is 2. The maximum atomic E-state index is 13.0. The lowest BCUT2D eigenvalue weighted by atomic mass is 9.80. The molecule has 6 nitrogen and oxygen atoms in total. The molecule has 1 aromatic rings. The van der Waals surface area contributed by atoms with Crippen molar-refractivity contribution in [2.45, 2.75) is 90.4 Å². The van der Waals surface area contributed by atoms with Crippen LogP contribution in [0, 0.1) is 5.92 Å². The van der Waals surface area contributed by atoms with E-state index in [9.17, 15) is 14.7 Å². The number of aliphatic hydroxyl groups is 1. The van der Waals surface area contributed by atoms with Crippen molar-refractivity contribution in [1.82, 2.24) is 0 Å². The maximum Gasteiger partial charge on any atom is 0.340 e. The van der Waals surface area contributed by atoms with Gasteiger partial charge in [0.25, 0.3) is 0 Å². The zero-order valence-corrected chi connectivity index (χ0v) is 19.8. The summed E-state index contributed by atoms with van der Waals surface area (Å²) in [7, 11) is 1.46. The average molecular weight is 437 g/mol. The predicted octanol–water partition coefficient (Wildman–Crippen LogP) is 4.99. The summed E-state index contributed by atoms with van der Waals surface area (Å²) in [5.74, 6) is -1.14. The third kappa shape index (κ3) is 8.99. The number of rotatable bonds is 15. The average Bonchev–Trinajstić information content (AvgIpc) is 2.77. The highest BCUT2D eigenvalue weighted by Gasteiger charge is 2.36. The zero-order valence-electron chi connectivity index (χ0n) is 19.8. The van der Waals surface area contributed by atoms with Gasteiger partial charge in [-0.2, -0.15) is 0 Å². The van der Waals surface area contributed by atoms with Crippen molar-refractivity contribution in [2.75, 3.05) is 13.7 Å². The molecule has 6 heteroatoms. The lowest BCUT2D eigenvalue weighted by Crippen LogP contribution is -2.38. The van der Waals surface area contributed by atoms with E-state index in [-0.39, 0.29) is 18.9 Å². The number of carbonyl (C=O) groups is 2. The molecule has 0 radical (unpaired) electrons. The fourth-order valence-electron chi connectivity index (χ4n) is 3.85. The second kappa shape index (κ2) is 14.2. The van der Waals surface area contributed by atoms with Gasteiger partial charge in [-0.3, -0.25) is 4.79 Å². The van der Waals surface area contributed by atoms with Crippen LogP contribution in [0.15, 0.2) is 30.3 Å². The molecule has 0 bridgehead atoms. The van der Waals surface area contributed by atoms with E-state index < -0.39 is 29.7 Å². The van der Waals surface area contributed by atoms with E-state index in [1.54, 1.807) is 19.1 Å². The molecule has 0 saturated carbocycles. The van der Waals surface area contributed by atoms with Gasteiger partial charge in [0.15, 0.2) is 6.10 Å². The van der Waals surface area contributed by atoms with Gasteiger partial charge in [0, 0.05) is 7.11 Å². The minimum Gasteiger partial charge on any atom is -0.466 e. The normalized spacial score (nSPS) is 16.1. The van der Waals surface area contributed by atoms with E-state index in [2.05, 4.69) is 6.92 Å². The fraction of sp³-hybridized carbons (Fsp3) is 0.680. The van der Waals surface area contributed by atoms with Crippen LogP contribution in [-0.4, -0.2) is 42.5 Å². The summed E-state index contributed by atoms with van der Waals surface area (Å²) < 4.78 is 16.4. The van der Waals surface area contributed by atoms with Crippen molar-refractivity contribution < 1.29 is 28.9 Å². The quantitative estimate of drug-likeness (QED) is 0.390. The van der Waals surface area contributed by atoms with E-state index in [1.165, 1.54) is 7.11 Å². The van der Waals surface area contributed by atoms with Crippen molar-refractivity contribution in [3.05, 3.63) is 35.9 Å². The van der Waals surface area contributed by atoms with Crippen molar-refractivity contribution in [3.8, 4) is 0 Å². The molecule has 0 saturated heterocycles. The Hall–Kier alpha value is -1.92. The number of ether oxygens (including phenoxy) is 3. The highest BCUT2D eigenvalue weighted by Crippen LogP contribution is 2.33. The summed E-state index contributed by atoms with van der Waals surface area (Å²) in [6.07, 6.45) is 2.70. The highest BCUT2D eigenvalue weighted by atomic mass is 16.6. The van der Waals surface area contributed by atoms with Crippen LogP contribution in [0.25, 0.3) is 0 Å². The van der Waals surface area contributed by atoms with Crippen LogP contribution < -0.4 is 0 Å². The number of methoxy groups -OCH3 is 1. The van der Waals surface area contributed by atoms with Crippen LogP contribution in [-0.2, 0) is 23.8 Å². The summed E-state index contributed by atoms with van der Waals surface area (Å²) in [5, 5.41) is 11.1. The van der Waals surface area contributed by atoms with Gasteiger partial charge in [-0.25, -0.2) is 4.79 Å². The molecular weight excluding hydrogens is 396 g/mol. The smallest absolute Gasteiger partial charge is 0.340 e. The standard InChI is InChI=1S/C25H40O6/c1-6-10-16-25(28,8-3)18-19(7-2)21(17-22(26)30-9-4)31-24(27)23(29-5)20-14-12-11-13-15-20/h11-15,19,21,23,28H,6-10,16-18H2,1-5H3/t19-,21+,23-,25-/m1/s1. The summed E-state index contributed by atoms with van der Waals surface area (Å²) in [6, 6.07) is 9.12. The Kier molecular flexibility index (Phi) is 12.4. The Bertz CT molecular complexity index is 647. The summed E-state index contributed by atoms with van der Waals surface area (Å²) >= 11 is 0. The topological polar surface area (TPSA) is 82.1 Å². The molecular formula is C25H40O6. The first kappa shape index (κ1) is 27.1. The number of hydrogen-bond donors (Lipinski definition) is 1. The molecule has 176 valence electrons. The maximum absolute atomic E-state index is 13.0. The Labute approximate surface area is 187 Å². The van der Waals surface area contributed by atoms with Crippen LogP contribution in [0.2, 0.25) is 0 Å². The largest absolute Gasteiger partial charge is 0.466 e. The molecule has 0 aromatic heterocycles. The Morgan fingerprint density at radius 1 is 1.10 bits per heavy atom. The minimum atomic E-state index is -0.881. The zero-order chi connectivity index (χ0) is 23.3. The Morgan fingerprint density at radius 3 is 2.29 bits per heavy atom. The van der Waals surface area contributed by atoms with Gasteiger partial charge in [0.05, 0.1) is 18.6 Å². The third-order valence-corrected chi connectivity index (χ3v) is 5.84. The Morgan fingerprint density at radius 2 is 1.77 bits per heavy atom. The fourth-order valence-corrected chi connectivity index (χ4v) is 3.85. The van der Waals surface area contributed by atoms with E-state index >= 15 is 0 Å². The first-order valence-electron chi connectivity index (χ1n) is 11.5. The van der Waals surface area contributed by atoms with Gasteiger partial charge in [-0.15, -0.1) is 0 Å². The van der Waals surface area contributed by atoms with Crippen LogP contribution in [0.4, 0.5) is 0 Å². The highest BCUT2D eigenvalue weighted by molar-refractivity contribution is 5.77. The van der Waals surface area contributed by atoms with Gasteiger partial charge >= 0.3 is 11.9 Å². The monoisotopic (exact) mass is 436 g/mol. The number of hydrogen-bond acceptors (Lipinski definition) is 6. The van der Waals surface area contributed by atoms with E-state index in [0.29, 0.717) is 31.2 Å². The van der Waals surface area contributed by atoms with Crippen LogP contribution >= 0.6 is 0 Å². The lowest BCUT2D eigenvalue weighted by Gasteiger charge is -2.34. The molecule has 0 amide bonds. The molecule has 0 unspecified atom stereocenters. The molecule has 0 aliphatic carbocycles. The molecule has 0 spiro atoms. The van der Waals surface area contributed by atoms with Crippen molar-refractivity contribution in [1.29, 1.82) is 0 Å². The van der Waals surface area contributed by atoms with Crippen LogP contribution in [0.5, 0.6) is 0 Å². The number of unbranched alkanes of at least 4 members (excludes halogenated alkanes) is 1. The SMILES string of the molecule is CCCC[C@](O)(CC)C[C@@H](CC)[C@H](CC(=O)OCC)OC(=O)[C@H](OC)c1ccccc1. The van der Waals surface area contributed by atoms with Gasteiger partial charge in [0.1, 0.15) is 6.10 Å². The molecule has 0 heterocycles. The van der Waals surface area contributed by atoms with E-state index in [4.69, 9.17) is 14.2 Å². The van der Waals surface area contributed by atoms with Gasteiger partial charge in [-0.1, -0.05) is 63.9 Å². The predicted molar refractivity (Wildman–Crippen MR) is 120 cm³/mol. The van der Waals surface area contributed by atoms with Gasteiger partial charge < -0.3 is 19.3 Å². The van der Waals surface area contributed by atoms with E-state index in [1.807, 2.05) is 32.0 Å². The first-order valence-corrected chi connectivity index (χ1v) is 11.5. The van der Waals surface area contributed by atoms with Gasteiger partial charge in [-0.05, 0) is 44.1 Å². The lowest BCUT2D eigenvalue weighted by molar-refractivity contribution is -0.169. The summed E-state index contributed by atoms with van der Waals surface area (Å²) in [5.41, 5.74) is -0.165. The van der Waals surface area contributed by atoms with Crippen molar-refractivity contribution >= 4 is 11.9 Å². The van der Waals surface area contributed by atoms with Crippen LogP contribution in [0.3, 0.4) is 0 Å². The number of benzene rings is 1.